The fourth-order valence-corrected chi connectivity index (χ4v) is 4.22. The van der Waals surface area contributed by atoms with E-state index in [4.69, 9.17) is 15.7 Å². The molecule has 5 rings (SSSR count). The molecule has 31 heavy (non-hydrogen) atoms. The second kappa shape index (κ2) is 7.39. The fourth-order valence-electron chi connectivity index (χ4n) is 4.22. The lowest BCUT2D eigenvalue weighted by Gasteiger charge is -2.39. The van der Waals surface area contributed by atoms with Gasteiger partial charge in [0.1, 0.15) is 5.82 Å². The van der Waals surface area contributed by atoms with E-state index in [1.165, 1.54) is 6.07 Å². The zero-order chi connectivity index (χ0) is 21.6. The number of benzene rings is 2. The van der Waals surface area contributed by atoms with Crippen LogP contribution < -0.4 is 21.3 Å². The molecule has 2 aromatic carbocycles. The number of fused-ring (bicyclic) bond motifs is 2. The summed E-state index contributed by atoms with van der Waals surface area (Å²) in [6.07, 6.45) is -0.278. The Labute approximate surface area is 179 Å². The van der Waals surface area contributed by atoms with Crippen LogP contribution in [0.4, 0.5) is 20.5 Å². The number of halogens is 2. The molecule has 0 spiro atoms. The molecule has 0 bridgehead atoms. The van der Waals surface area contributed by atoms with Crippen LogP contribution in [0.15, 0.2) is 42.5 Å². The number of hydrogen-bond donors (Lipinski definition) is 3. The third-order valence-electron chi connectivity index (χ3n) is 6.15. The van der Waals surface area contributed by atoms with Crippen LogP contribution in [0.2, 0.25) is 0 Å². The lowest BCUT2D eigenvalue weighted by molar-refractivity contribution is -0.00969. The molecule has 1 saturated heterocycles. The lowest BCUT2D eigenvalue weighted by Crippen LogP contribution is -2.68. The Kier molecular flexibility index (Phi) is 4.79. The molecule has 0 atom stereocenters. The topological polar surface area (TPSA) is 79.1 Å². The molecular weight excluding hydrogens is 398 g/mol. The predicted molar refractivity (Wildman–Crippen MR) is 119 cm³/mol. The van der Waals surface area contributed by atoms with Gasteiger partial charge < -0.3 is 21.3 Å². The summed E-state index contributed by atoms with van der Waals surface area (Å²) in [4.78, 5) is 11.3. The summed E-state index contributed by atoms with van der Waals surface area (Å²) in [5.74, 6) is -1.74. The van der Waals surface area contributed by atoms with E-state index in [-0.39, 0.29) is 24.1 Å². The van der Waals surface area contributed by atoms with Gasteiger partial charge in [0.15, 0.2) is 0 Å². The Morgan fingerprint density at radius 1 is 1.16 bits per heavy atom. The molecule has 0 amide bonds. The largest absolute Gasteiger partial charge is 0.367 e. The lowest BCUT2D eigenvalue weighted by atomic mass is 9.94. The number of alkyl halides is 2. The van der Waals surface area contributed by atoms with Gasteiger partial charge in [0.25, 0.3) is 5.92 Å². The summed E-state index contributed by atoms with van der Waals surface area (Å²) in [5.41, 5.74) is 8.61. The molecular formula is C23H26F2N6. The van der Waals surface area contributed by atoms with Crippen molar-refractivity contribution in [1.29, 1.82) is 0 Å². The van der Waals surface area contributed by atoms with Crippen molar-refractivity contribution in [3.05, 3.63) is 59.2 Å². The zero-order valence-electron chi connectivity index (χ0n) is 17.5. The predicted octanol–water partition coefficient (Wildman–Crippen LogP) is 3.15. The molecule has 4 N–H and O–H groups in total. The van der Waals surface area contributed by atoms with Crippen molar-refractivity contribution in [2.24, 2.45) is 5.73 Å². The zero-order valence-corrected chi connectivity index (χ0v) is 17.5. The number of anilines is 2. The number of aryl methyl sites for hydroxylation is 1. The summed E-state index contributed by atoms with van der Waals surface area (Å²) < 4.78 is 29.4. The highest BCUT2D eigenvalue weighted by Crippen LogP contribution is 2.38. The number of nitrogens with two attached hydrogens (primary N) is 1. The minimum atomic E-state index is -2.87. The first kappa shape index (κ1) is 20.1. The van der Waals surface area contributed by atoms with Gasteiger partial charge >= 0.3 is 0 Å². The minimum Gasteiger partial charge on any atom is -0.367 e. The van der Waals surface area contributed by atoms with Crippen LogP contribution in [0.1, 0.15) is 23.1 Å². The van der Waals surface area contributed by atoms with Gasteiger partial charge in [0.05, 0.1) is 11.1 Å². The highest BCUT2D eigenvalue weighted by atomic mass is 19.3. The van der Waals surface area contributed by atoms with Crippen LogP contribution in [0.5, 0.6) is 0 Å². The SMILES string of the molecule is Cc1ccc2nc(N3CCC(F)(F)c4ccccc4C3)nc(NCC3(N)CNC3)c2c1. The maximum Gasteiger partial charge on any atom is 0.275 e. The third-order valence-corrected chi connectivity index (χ3v) is 6.15. The van der Waals surface area contributed by atoms with E-state index < -0.39 is 5.92 Å². The van der Waals surface area contributed by atoms with Gasteiger partial charge in [-0.25, -0.2) is 13.8 Å². The summed E-state index contributed by atoms with van der Waals surface area (Å²) in [6, 6.07) is 12.7. The Hall–Kier alpha value is -2.84. The van der Waals surface area contributed by atoms with Crippen molar-refractivity contribution >= 4 is 22.7 Å². The first-order valence-electron chi connectivity index (χ1n) is 10.6. The van der Waals surface area contributed by atoms with Gasteiger partial charge in [-0.3, -0.25) is 0 Å². The number of hydrogen-bond acceptors (Lipinski definition) is 6. The van der Waals surface area contributed by atoms with E-state index in [1.807, 2.05) is 30.0 Å². The Balaban J connectivity index is 1.53. The summed E-state index contributed by atoms with van der Waals surface area (Å²) in [6.45, 7) is 4.59. The van der Waals surface area contributed by atoms with Crippen molar-refractivity contribution in [3.8, 4) is 0 Å². The molecule has 1 aromatic heterocycles. The average molecular weight is 424 g/mol. The molecule has 3 heterocycles. The van der Waals surface area contributed by atoms with Crippen molar-refractivity contribution in [2.45, 2.75) is 31.4 Å². The second-order valence-corrected chi connectivity index (χ2v) is 8.75. The maximum absolute atomic E-state index is 14.7. The quantitative estimate of drug-likeness (QED) is 0.597. The highest BCUT2D eigenvalue weighted by Gasteiger charge is 2.37. The van der Waals surface area contributed by atoms with Gasteiger partial charge in [-0.1, -0.05) is 35.9 Å². The van der Waals surface area contributed by atoms with E-state index in [0.717, 1.165) is 29.6 Å². The van der Waals surface area contributed by atoms with E-state index in [1.54, 1.807) is 18.2 Å². The average Bonchev–Trinajstić information content (AvgIpc) is 2.87. The van der Waals surface area contributed by atoms with E-state index in [0.29, 0.717) is 30.4 Å². The third kappa shape index (κ3) is 3.81. The van der Waals surface area contributed by atoms with Crippen LogP contribution in [0, 0.1) is 6.92 Å². The van der Waals surface area contributed by atoms with E-state index in [2.05, 4.69) is 10.6 Å². The number of aromatic nitrogens is 2. The molecule has 2 aliphatic rings. The summed E-state index contributed by atoms with van der Waals surface area (Å²) >= 11 is 0. The molecule has 0 saturated carbocycles. The van der Waals surface area contributed by atoms with Crippen LogP contribution in [-0.4, -0.2) is 41.7 Å². The van der Waals surface area contributed by atoms with Crippen molar-refractivity contribution in [2.75, 3.05) is 36.4 Å². The number of nitrogens with one attached hydrogen (secondary N) is 2. The Bertz CT molecular complexity index is 1130. The van der Waals surface area contributed by atoms with Gasteiger partial charge in [-0.15, -0.1) is 0 Å². The van der Waals surface area contributed by atoms with Crippen molar-refractivity contribution in [3.63, 3.8) is 0 Å². The maximum atomic E-state index is 14.7. The molecule has 162 valence electrons. The van der Waals surface area contributed by atoms with Crippen LogP contribution >= 0.6 is 0 Å². The molecule has 3 aromatic rings. The summed E-state index contributed by atoms with van der Waals surface area (Å²) in [5, 5.41) is 7.49. The first-order valence-corrected chi connectivity index (χ1v) is 10.6. The van der Waals surface area contributed by atoms with Gasteiger partial charge in [-0.05, 0) is 24.6 Å². The standard InChI is InChI=1S/C23H26F2N6/c1-15-6-7-19-17(10-15)20(28-14-22(26)12-27-13-22)30-21(29-19)31-9-8-23(24,25)18-5-3-2-4-16(18)11-31/h2-7,10,27H,8-9,11-14,26H2,1H3,(H,28,29,30). The molecule has 1 fully saturated rings. The fraction of sp³-hybridized carbons (Fsp3) is 0.391. The van der Waals surface area contributed by atoms with E-state index in [9.17, 15) is 8.78 Å². The molecule has 2 aliphatic heterocycles. The van der Waals surface area contributed by atoms with Gasteiger partial charge in [-0.2, -0.15) is 4.98 Å². The van der Waals surface area contributed by atoms with Crippen LogP contribution in [0.25, 0.3) is 10.9 Å². The van der Waals surface area contributed by atoms with Crippen molar-refractivity contribution < 1.29 is 8.78 Å². The smallest absolute Gasteiger partial charge is 0.275 e. The number of nitrogens with zero attached hydrogens (tertiary/aromatic N) is 3. The normalized spacial score (nSPS) is 19.4. The van der Waals surface area contributed by atoms with Gasteiger partial charge in [0.2, 0.25) is 5.95 Å². The number of rotatable bonds is 4. The molecule has 8 heteroatoms. The molecule has 0 radical (unpaired) electrons. The Morgan fingerprint density at radius 2 is 1.97 bits per heavy atom. The highest BCUT2D eigenvalue weighted by molar-refractivity contribution is 5.90. The Morgan fingerprint density at radius 3 is 2.74 bits per heavy atom. The molecule has 0 unspecified atom stereocenters. The first-order chi connectivity index (χ1) is 14.8. The monoisotopic (exact) mass is 424 g/mol. The van der Waals surface area contributed by atoms with Gasteiger partial charge in [0, 0.05) is 50.1 Å². The van der Waals surface area contributed by atoms with E-state index >= 15 is 0 Å². The van der Waals surface area contributed by atoms with Crippen LogP contribution in [-0.2, 0) is 12.5 Å². The summed E-state index contributed by atoms with van der Waals surface area (Å²) in [7, 11) is 0. The minimum absolute atomic E-state index is 0.0924. The van der Waals surface area contributed by atoms with Crippen LogP contribution in [0.3, 0.4) is 0 Å². The molecule has 6 nitrogen and oxygen atoms in total. The molecule has 0 aliphatic carbocycles. The second-order valence-electron chi connectivity index (χ2n) is 8.75. The van der Waals surface area contributed by atoms with Crippen molar-refractivity contribution in [1.82, 2.24) is 15.3 Å².